The maximum Gasteiger partial charge on any atom is 0.311 e. The Bertz CT molecular complexity index is 784. The molecule has 0 radical (unpaired) electrons. The van der Waals surface area contributed by atoms with Gasteiger partial charge in [0.05, 0.1) is 5.92 Å². The number of nitrogens with zero attached hydrogens (tertiary/aromatic N) is 2. The third-order valence-electron chi connectivity index (χ3n) is 5.04. The summed E-state index contributed by atoms with van der Waals surface area (Å²) in [6.07, 6.45) is 3.75. The molecule has 2 aromatic rings. The Morgan fingerprint density at radius 3 is 2.46 bits per heavy atom. The number of hydrogen-bond donors (Lipinski definition) is 1. The summed E-state index contributed by atoms with van der Waals surface area (Å²) in [5.74, 6) is 0.695. The zero-order valence-corrected chi connectivity index (χ0v) is 16.5. The van der Waals surface area contributed by atoms with Crippen molar-refractivity contribution in [2.24, 2.45) is 5.92 Å². The van der Waals surface area contributed by atoms with Gasteiger partial charge in [0.15, 0.2) is 0 Å². The normalized spacial score (nSPS) is 22.4. The topological polar surface area (TPSA) is 56.2 Å². The van der Waals surface area contributed by atoms with Crippen LogP contribution in [0.5, 0.6) is 0 Å². The van der Waals surface area contributed by atoms with E-state index in [2.05, 4.69) is 48.4 Å². The largest absolute Gasteiger partial charge is 0.460 e. The highest BCUT2D eigenvalue weighted by Gasteiger charge is 2.48. The first-order chi connectivity index (χ1) is 12.1. The van der Waals surface area contributed by atoms with Crippen LogP contribution in [0.15, 0.2) is 36.7 Å². The maximum absolute atomic E-state index is 12.9. The van der Waals surface area contributed by atoms with Crippen molar-refractivity contribution in [3.8, 4) is 5.69 Å². The number of carbonyl (C=O) groups is 1. The smallest absolute Gasteiger partial charge is 0.311 e. The minimum atomic E-state index is -0.483. The van der Waals surface area contributed by atoms with Crippen LogP contribution in [0.2, 0.25) is 0 Å². The molecule has 5 heteroatoms. The van der Waals surface area contributed by atoms with Gasteiger partial charge in [0, 0.05) is 36.1 Å². The zero-order chi connectivity index (χ0) is 19.1. The fourth-order valence-corrected chi connectivity index (χ4v) is 3.77. The molecule has 1 aliphatic rings. The van der Waals surface area contributed by atoms with Crippen LogP contribution in [0.25, 0.3) is 5.69 Å². The van der Waals surface area contributed by atoms with E-state index in [0.717, 1.165) is 23.6 Å². The van der Waals surface area contributed by atoms with Crippen molar-refractivity contribution in [2.75, 3.05) is 6.54 Å². The molecule has 1 N–H and O–H groups in total. The molecule has 1 fully saturated rings. The second-order valence-corrected chi connectivity index (χ2v) is 8.66. The summed E-state index contributed by atoms with van der Waals surface area (Å²) in [5.41, 5.74) is 1.44. The Kier molecular flexibility index (Phi) is 4.69. The van der Waals surface area contributed by atoms with Crippen LogP contribution < -0.4 is 5.32 Å². The van der Waals surface area contributed by atoms with E-state index >= 15 is 0 Å². The molecule has 0 aliphatic carbocycles. The van der Waals surface area contributed by atoms with Gasteiger partial charge in [0.2, 0.25) is 0 Å². The van der Waals surface area contributed by atoms with Crippen LogP contribution in [0.3, 0.4) is 0 Å². The Morgan fingerprint density at radius 1 is 1.27 bits per heavy atom. The predicted octanol–water partition coefficient (Wildman–Crippen LogP) is 3.60. The zero-order valence-electron chi connectivity index (χ0n) is 16.5. The van der Waals surface area contributed by atoms with Gasteiger partial charge in [-0.05, 0) is 59.2 Å². The second kappa shape index (κ2) is 6.54. The molecular formula is C21H29N3O2. The van der Waals surface area contributed by atoms with Gasteiger partial charge in [0.25, 0.3) is 0 Å². The molecule has 0 bridgehead atoms. The Hall–Kier alpha value is -2.14. The number of aryl methyl sites for hydroxylation is 1. The SMILES string of the molecule is Cc1nccn1-c1ccc([C@@H]2CNC(C)(C)C2C(=O)OC(C)(C)C)cc1. The fourth-order valence-electron chi connectivity index (χ4n) is 3.77. The fraction of sp³-hybridized carbons (Fsp3) is 0.524. The van der Waals surface area contributed by atoms with E-state index in [1.807, 2.05) is 38.5 Å². The maximum atomic E-state index is 12.9. The first-order valence-electron chi connectivity index (χ1n) is 9.17. The third kappa shape index (κ3) is 3.68. The molecule has 1 aromatic carbocycles. The van der Waals surface area contributed by atoms with E-state index in [9.17, 15) is 4.79 Å². The van der Waals surface area contributed by atoms with Crippen molar-refractivity contribution in [1.29, 1.82) is 0 Å². The number of esters is 1. The monoisotopic (exact) mass is 355 g/mol. The van der Waals surface area contributed by atoms with E-state index in [0.29, 0.717) is 0 Å². The van der Waals surface area contributed by atoms with Gasteiger partial charge >= 0.3 is 5.97 Å². The highest BCUT2D eigenvalue weighted by Crippen LogP contribution is 2.39. The van der Waals surface area contributed by atoms with Crippen LogP contribution in [-0.2, 0) is 9.53 Å². The van der Waals surface area contributed by atoms with Gasteiger partial charge < -0.3 is 14.6 Å². The number of benzene rings is 1. The minimum Gasteiger partial charge on any atom is -0.460 e. The number of hydrogen-bond acceptors (Lipinski definition) is 4. The number of carbonyl (C=O) groups excluding carboxylic acids is 1. The molecule has 1 saturated heterocycles. The van der Waals surface area contributed by atoms with Crippen molar-refractivity contribution in [1.82, 2.24) is 14.9 Å². The van der Waals surface area contributed by atoms with Crippen LogP contribution in [0.4, 0.5) is 0 Å². The molecule has 140 valence electrons. The highest BCUT2D eigenvalue weighted by molar-refractivity contribution is 5.76. The first-order valence-corrected chi connectivity index (χ1v) is 9.17. The molecule has 2 heterocycles. The molecule has 0 saturated carbocycles. The number of rotatable bonds is 3. The van der Waals surface area contributed by atoms with Crippen LogP contribution in [0.1, 0.15) is 51.9 Å². The average Bonchev–Trinajstić information content (AvgIpc) is 3.08. The van der Waals surface area contributed by atoms with Crippen molar-refractivity contribution in [3.63, 3.8) is 0 Å². The molecule has 5 nitrogen and oxygen atoms in total. The number of aromatic nitrogens is 2. The van der Waals surface area contributed by atoms with Crippen molar-refractivity contribution in [3.05, 3.63) is 48.0 Å². The molecule has 1 aliphatic heterocycles. The molecule has 26 heavy (non-hydrogen) atoms. The lowest BCUT2D eigenvalue weighted by atomic mass is 9.79. The van der Waals surface area contributed by atoms with E-state index < -0.39 is 5.60 Å². The van der Waals surface area contributed by atoms with Crippen molar-refractivity contribution >= 4 is 5.97 Å². The summed E-state index contributed by atoms with van der Waals surface area (Å²) >= 11 is 0. The van der Waals surface area contributed by atoms with E-state index in [1.54, 1.807) is 6.20 Å². The van der Waals surface area contributed by atoms with E-state index in [4.69, 9.17) is 4.74 Å². The number of ether oxygens (including phenoxy) is 1. The van der Waals surface area contributed by atoms with Crippen LogP contribution in [0, 0.1) is 12.8 Å². The summed E-state index contributed by atoms with van der Waals surface area (Å²) in [5, 5.41) is 3.50. The lowest BCUT2D eigenvalue weighted by molar-refractivity contribution is -0.162. The first kappa shape index (κ1) is 18.6. The summed E-state index contributed by atoms with van der Waals surface area (Å²) in [7, 11) is 0. The van der Waals surface area contributed by atoms with Crippen molar-refractivity contribution in [2.45, 2.75) is 58.6 Å². The van der Waals surface area contributed by atoms with Crippen molar-refractivity contribution < 1.29 is 9.53 Å². The van der Waals surface area contributed by atoms with E-state index in [-0.39, 0.29) is 23.3 Å². The van der Waals surface area contributed by atoms with Gasteiger partial charge in [-0.25, -0.2) is 4.98 Å². The third-order valence-corrected chi connectivity index (χ3v) is 5.04. The summed E-state index contributed by atoms with van der Waals surface area (Å²) in [6, 6.07) is 8.39. The minimum absolute atomic E-state index is 0.0952. The standard InChI is InChI=1S/C21H29N3O2/c1-14-22-11-12-24(14)16-9-7-15(8-10-16)17-13-23-21(5,6)18(17)19(25)26-20(2,3)4/h7-12,17-18,23H,13H2,1-6H3/t17-,18?/m0/s1. The van der Waals surface area contributed by atoms with Gasteiger partial charge in [-0.3, -0.25) is 4.79 Å². The molecule has 0 spiro atoms. The van der Waals surface area contributed by atoms with Crippen LogP contribution in [-0.4, -0.2) is 33.2 Å². The number of imidazole rings is 1. The quantitative estimate of drug-likeness (QED) is 0.855. The van der Waals surface area contributed by atoms with Gasteiger partial charge in [-0.15, -0.1) is 0 Å². The Labute approximate surface area is 155 Å². The molecule has 0 amide bonds. The second-order valence-electron chi connectivity index (χ2n) is 8.66. The van der Waals surface area contributed by atoms with Gasteiger partial charge in [0.1, 0.15) is 11.4 Å². The highest BCUT2D eigenvalue weighted by atomic mass is 16.6. The average molecular weight is 355 g/mol. The summed E-state index contributed by atoms with van der Waals surface area (Å²) in [4.78, 5) is 17.2. The predicted molar refractivity (Wildman–Crippen MR) is 102 cm³/mol. The molecule has 1 aromatic heterocycles. The van der Waals surface area contributed by atoms with Gasteiger partial charge in [-0.2, -0.15) is 0 Å². The Morgan fingerprint density at radius 2 is 1.92 bits per heavy atom. The molecule has 2 atom stereocenters. The lowest BCUT2D eigenvalue weighted by Crippen LogP contribution is -2.44. The van der Waals surface area contributed by atoms with Crippen LogP contribution >= 0.6 is 0 Å². The molecule has 1 unspecified atom stereocenters. The lowest BCUT2D eigenvalue weighted by Gasteiger charge is -2.31. The summed E-state index contributed by atoms with van der Waals surface area (Å²) in [6.45, 7) is 12.6. The Balaban J connectivity index is 1.87. The molecule has 3 rings (SSSR count). The van der Waals surface area contributed by atoms with Gasteiger partial charge in [-0.1, -0.05) is 12.1 Å². The summed E-state index contributed by atoms with van der Waals surface area (Å²) < 4.78 is 7.76. The van der Waals surface area contributed by atoms with E-state index in [1.165, 1.54) is 0 Å². The molecular weight excluding hydrogens is 326 g/mol. The number of nitrogens with one attached hydrogen (secondary N) is 1.